The molecule has 3 aromatic rings. The Morgan fingerprint density at radius 1 is 1.17 bits per heavy atom. The van der Waals surface area contributed by atoms with Crippen LogP contribution in [0.4, 0.5) is 11.6 Å². The number of fused-ring (bicyclic) bond motifs is 1. The number of nitrogens with two attached hydrogens (primary N) is 1. The fourth-order valence-electron chi connectivity index (χ4n) is 3.41. The second-order valence-electron chi connectivity index (χ2n) is 6.89. The number of nitrogens with zero attached hydrogens (tertiary/aromatic N) is 2. The van der Waals surface area contributed by atoms with Crippen molar-refractivity contribution in [2.24, 2.45) is 5.92 Å². The number of rotatable bonds is 5. The van der Waals surface area contributed by atoms with Crippen LogP contribution >= 0.6 is 0 Å². The van der Waals surface area contributed by atoms with E-state index in [-0.39, 0.29) is 17.8 Å². The number of hydrogen-bond donors (Lipinski definition) is 2. The summed E-state index contributed by atoms with van der Waals surface area (Å²) in [7, 11) is 3.18. The predicted molar refractivity (Wildman–Crippen MR) is 113 cm³/mol. The van der Waals surface area contributed by atoms with Crippen LogP contribution in [0.15, 0.2) is 48.7 Å². The van der Waals surface area contributed by atoms with E-state index in [2.05, 4.69) is 15.3 Å². The van der Waals surface area contributed by atoms with Gasteiger partial charge in [0, 0.05) is 23.5 Å². The van der Waals surface area contributed by atoms with E-state index in [1.807, 2.05) is 24.3 Å². The van der Waals surface area contributed by atoms with E-state index in [0.29, 0.717) is 30.2 Å². The van der Waals surface area contributed by atoms with Crippen molar-refractivity contribution in [3.63, 3.8) is 0 Å². The number of carbonyl (C=O) groups excluding carboxylic acids is 1. The van der Waals surface area contributed by atoms with Crippen molar-refractivity contribution >= 4 is 17.5 Å². The minimum Gasteiger partial charge on any atom is -0.497 e. The Morgan fingerprint density at radius 3 is 2.80 bits per heavy atom. The number of carbonyl (C=O) groups is 1. The molecule has 1 amide bonds. The zero-order chi connectivity index (χ0) is 21.1. The first-order valence-electron chi connectivity index (χ1n) is 9.45. The van der Waals surface area contributed by atoms with Gasteiger partial charge in [0.1, 0.15) is 23.9 Å². The smallest absolute Gasteiger partial charge is 0.231 e. The highest BCUT2D eigenvalue weighted by Gasteiger charge is 2.26. The monoisotopic (exact) mass is 406 g/mol. The van der Waals surface area contributed by atoms with Crippen LogP contribution in [0.3, 0.4) is 0 Å². The maximum absolute atomic E-state index is 12.8. The van der Waals surface area contributed by atoms with E-state index >= 15 is 0 Å². The summed E-state index contributed by atoms with van der Waals surface area (Å²) < 4.78 is 16.5. The van der Waals surface area contributed by atoms with Crippen LogP contribution in [0.2, 0.25) is 0 Å². The number of anilines is 2. The lowest BCUT2D eigenvalue weighted by atomic mass is 9.95. The molecule has 30 heavy (non-hydrogen) atoms. The first-order chi connectivity index (χ1) is 14.6. The molecule has 0 fully saturated rings. The highest BCUT2D eigenvalue weighted by atomic mass is 16.5. The Kier molecular flexibility index (Phi) is 5.38. The maximum atomic E-state index is 12.8. The van der Waals surface area contributed by atoms with Crippen LogP contribution in [0.5, 0.6) is 17.2 Å². The molecule has 1 aromatic heterocycles. The molecule has 0 spiro atoms. The van der Waals surface area contributed by atoms with E-state index < -0.39 is 0 Å². The second kappa shape index (κ2) is 8.28. The minimum absolute atomic E-state index is 0.121. The summed E-state index contributed by atoms with van der Waals surface area (Å²) >= 11 is 0. The number of nitrogens with one attached hydrogen (secondary N) is 1. The van der Waals surface area contributed by atoms with E-state index in [1.54, 1.807) is 38.6 Å². The fourth-order valence-corrected chi connectivity index (χ4v) is 3.41. The van der Waals surface area contributed by atoms with Gasteiger partial charge in [-0.25, -0.2) is 9.97 Å². The summed E-state index contributed by atoms with van der Waals surface area (Å²) in [5.74, 6) is 1.85. The molecule has 1 aliphatic heterocycles. The lowest BCUT2D eigenvalue weighted by Gasteiger charge is -2.25. The third kappa shape index (κ3) is 3.98. The number of hydrogen-bond acceptors (Lipinski definition) is 7. The van der Waals surface area contributed by atoms with Gasteiger partial charge in [-0.2, -0.15) is 0 Å². The average Bonchev–Trinajstić information content (AvgIpc) is 2.78. The molecule has 2 aromatic carbocycles. The van der Waals surface area contributed by atoms with Crippen LogP contribution in [-0.2, 0) is 11.2 Å². The van der Waals surface area contributed by atoms with Crippen molar-refractivity contribution in [2.45, 2.75) is 6.42 Å². The zero-order valence-corrected chi connectivity index (χ0v) is 16.7. The average molecular weight is 406 g/mol. The highest BCUT2D eigenvalue weighted by molar-refractivity contribution is 5.93. The lowest BCUT2D eigenvalue weighted by Crippen LogP contribution is -2.32. The van der Waals surface area contributed by atoms with Gasteiger partial charge in [0.05, 0.1) is 25.8 Å². The Morgan fingerprint density at radius 2 is 2.03 bits per heavy atom. The third-order valence-corrected chi connectivity index (χ3v) is 4.96. The van der Waals surface area contributed by atoms with Gasteiger partial charge in [-0.05, 0) is 48.4 Å². The zero-order valence-electron chi connectivity index (χ0n) is 16.7. The summed E-state index contributed by atoms with van der Waals surface area (Å²) in [5, 5.41) is 2.95. The van der Waals surface area contributed by atoms with Crippen LogP contribution in [0.25, 0.3) is 11.3 Å². The van der Waals surface area contributed by atoms with Gasteiger partial charge in [-0.3, -0.25) is 4.79 Å². The molecule has 0 saturated carbocycles. The summed E-state index contributed by atoms with van der Waals surface area (Å²) in [6.07, 6.45) is 2.16. The summed E-state index contributed by atoms with van der Waals surface area (Å²) in [5.41, 5.74) is 8.65. The molecular weight excluding hydrogens is 384 g/mol. The van der Waals surface area contributed by atoms with E-state index in [1.165, 1.54) is 0 Å². The molecule has 3 N–H and O–H groups in total. The minimum atomic E-state index is -0.308. The van der Waals surface area contributed by atoms with Crippen molar-refractivity contribution in [3.05, 3.63) is 54.2 Å². The maximum Gasteiger partial charge on any atom is 0.231 e. The largest absolute Gasteiger partial charge is 0.497 e. The van der Waals surface area contributed by atoms with Crippen LogP contribution < -0.4 is 25.3 Å². The normalized spacial score (nSPS) is 14.9. The summed E-state index contributed by atoms with van der Waals surface area (Å²) in [6, 6.07) is 12.7. The topological polar surface area (TPSA) is 109 Å². The first kappa shape index (κ1) is 19.5. The van der Waals surface area contributed by atoms with Gasteiger partial charge < -0.3 is 25.3 Å². The van der Waals surface area contributed by atoms with E-state index in [4.69, 9.17) is 19.9 Å². The molecule has 1 aliphatic rings. The van der Waals surface area contributed by atoms with Crippen molar-refractivity contribution in [1.29, 1.82) is 0 Å². The van der Waals surface area contributed by atoms with Crippen molar-refractivity contribution < 1.29 is 19.0 Å². The molecule has 0 aliphatic carbocycles. The van der Waals surface area contributed by atoms with Gasteiger partial charge in [0.15, 0.2) is 0 Å². The molecule has 154 valence electrons. The summed E-state index contributed by atoms with van der Waals surface area (Å²) in [6.45, 7) is 0.320. The molecule has 1 unspecified atom stereocenters. The standard InChI is InChI=1S/C22H22N4O4/c1-28-16-4-6-19-13(10-16)9-14(12-30-19)21(27)25-15-3-5-17(20(11-15)29-2)18-7-8-24-22(23)26-18/h3-8,10-11,14H,9,12H2,1-2H3,(H,25,27)(H2,23,24,26). The molecular formula is C22H22N4O4. The van der Waals surface area contributed by atoms with Gasteiger partial charge in [0.2, 0.25) is 11.9 Å². The molecule has 8 nitrogen and oxygen atoms in total. The number of methoxy groups -OCH3 is 2. The number of nitrogen functional groups attached to an aromatic ring is 1. The fraction of sp³-hybridized carbons (Fsp3) is 0.227. The Balaban J connectivity index is 1.51. The number of aromatic nitrogens is 2. The number of benzene rings is 2. The van der Waals surface area contributed by atoms with Gasteiger partial charge in [-0.15, -0.1) is 0 Å². The Labute approximate surface area is 174 Å². The van der Waals surface area contributed by atoms with Crippen molar-refractivity contribution in [3.8, 4) is 28.5 Å². The molecule has 0 saturated heterocycles. The van der Waals surface area contributed by atoms with E-state index in [0.717, 1.165) is 22.6 Å². The van der Waals surface area contributed by atoms with Crippen molar-refractivity contribution in [1.82, 2.24) is 9.97 Å². The molecule has 1 atom stereocenters. The van der Waals surface area contributed by atoms with Gasteiger partial charge in [-0.1, -0.05) is 0 Å². The highest BCUT2D eigenvalue weighted by Crippen LogP contribution is 2.33. The predicted octanol–water partition coefficient (Wildman–Crippen LogP) is 2.93. The number of amides is 1. The molecule has 0 bridgehead atoms. The SMILES string of the molecule is COc1ccc2c(c1)CC(C(=O)Nc1ccc(-c3ccnc(N)n3)c(OC)c1)CO2. The van der Waals surface area contributed by atoms with E-state index in [9.17, 15) is 4.79 Å². The molecule has 2 heterocycles. The number of ether oxygens (including phenoxy) is 3. The van der Waals surface area contributed by atoms with Crippen molar-refractivity contribution in [2.75, 3.05) is 31.9 Å². The Bertz CT molecular complexity index is 1090. The van der Waals surface area contributed by atoms with Crippen LogP contribution in [-0.4, -0.2) is 36.7 Å². The van der Waals surface area contributed by atoms with Gasteiger partial charge in [0.25, 0.3) is 0 Å². The molecule has 4 rings (SSSR count). The van der Waals surface area contributed by atoms with Crippen LogP contribution in [0, 0.1) is 5.92 Å². The lowest BCUT2D eigenvalue weighted by molar-refractivity contribution is -0.121. The van der Waals surface area contributed by atoms with Gasteiger partial charge >= 0.3 is 0 Å². The molecule has 0 radical (unpaired) electrons. The second-order valence-corrected chi connectivity index (χ2v) is 6.89. The Hall–Kier alpha value is -3.81. The van der Waals surface area contributed by atoms with Crippen LogP contribution in [0.1, 0.15) is 5.56 Å². The quantitative estimate of drug-likeness (QED) is 0.670. The third-order valence-electron chi connectivity index (χ3n) is 4.96. The first-order valence-corrected chi connectivity index (χ1v) is 9.45. The molecule has 8 heteroatoms. The summed E-state index contributed by atoms with van der Waals surface area (Å²) in [4.78, 5) is 21.0.